The summed E-state index contributed by atoms with van der Waals surface area (Å²) in [5.41, 5.74) is 3.62. The van der Waals surface area contributed by atoms with Crippen LogP contribution >= 0.6 is 0 Å². The number of carbonyl (C=O) groups excluding carboxylic acids is 2. The smallest absolute Gasteiger partial charge is 0.251 e. The van der Waals surface area contributed by atoms with Crippen LogP contribution in [0.25, 0.3) is 0 Å². The van der Waals surface area contributed by atoms with E-state index in [4.69, 9.17) is 4.74 Å². The van der Waals surface area contributed by atoms with Crippen LogP contribution in [-0.4, -0.2) is 48.3 Å². The van der Waals surface area contributed by atoms with Gasteiger partial charge in [-0.05, 0) is 43.7 Å². The Balaban J connectivity index is 1.80. The average Bonchev–Trinajstić information content (AvgIpc) is 3.15. The number of methoxy groups -OCH3 is 1. The molecule has 0 aliphatic carbocycles. The molecule has 8 heteroatoms. The Morgan fingerprint density at radius 2 is 1.97 bits per heavy atom. The van der Waals surface area contributed by atoms with Gasteiger partial charge in [0.05, 0.1) is 18.8 Å². The molecule has 2 amide bonds. The van der Waals surface area contributed by atoms with Gasteiger partial charge in [-0.1, -0.05) is 29.8 Å². The molecule has 1 aromatic heterocycles. The first-order valence-corrected chi connectivity index (χ1v) is 10.4. The number of ether oxygens (including phenoxy) is 1. The summed E-state index contributed by atoms with van der Waals surface area (Å²) in [5.74, 6) is -0.963. The Bertz CT molecular complexity index is 1140. The second kappa shape index (κ2) is 8.92. The second-order valence-corrected chi connectivity index (χ2v) is 7.90. The number of nitrogens with zero attached hydrogens (tertiary/aromatic N) is 2. The Morgan fingerprint density at radius 1 is 1.22 bits per heavy atom. The number of halogens is 1. The van der Waals surface area contributed by atoms with Gasteiger partial charge in [-0.3, -0.25) is 19.6 Å². The number of aromatic amines is 1. The summed E-state index contributed by atoms with van der Waals surface area (Å²) < 4.78 is 18.8. The monoisotopic (exact) mass is 436 g/mol. The van der Waals surface area contributed by atoms with E-state index < -0.39 is 12.0 Å². The highest BCUT2D eigenvalue weighted by Crippen LogP contribution is 2.41. The number of nitrogens with one attached hydrogen (secondary N) is 2. The van der Waals surface area contributed by atoms with E-state index in [0.717, 1.165) is 11.1 Å². The summed E-state index contributed by atoms with van der Waals surface area (Å²) >= 11 is 0. The van der Waals surface area contributed by atoms with Crippen LogP contribution in [0.1, 0.15) is 38.7 Å². The fourth-order valence-corrected chi connectivity index (χ4v) is 4.18. The number of aromatic nitrogens is 2. The van der Waals surface area contributed by atoms with Crippen molar-refractivity contribution in [3.8, 4) is 0 Å². The van der Waals surface area contributed by atoms with Crippen molar-refractivity contribution in [1.82, 2.24) is 15.5 Å². The van der Waals surface area contributed by atoms with E-state index in [9.17, 15) is 14.0 Å². The molecule has 0 saturated heterocycles. The molecule has 3 aromatic rings. The zero-order valence-electron chi connectivity index (χ0n) is 18.2. The summed E-state index contributed by atoms with van der Waals surface area (Å²) in [6.07, 6.45) is 0. The summed E-state index contributed by atoms with van der Waals surface area (Å²) in [6, 6.07) is 12.3. The van der Waals surface area contributed by atoms with Crippen molar-refractivity contribution in [2.75, 3.05) is 25.2 Å². The average molecular weight is 436 g/mol. The maximum atomic E-state index is 13.6. The van der Waals surface area contributed by atoms with Crippen molar-refractivity contribution in [1.29, 1.82) is 0 Å². The zero-order chi connectivity index (χ0) is 22.8. The number of carbonyl (C=O) groups is 2. The van der Waals surface area contributed by atoms with Gasteiger partial charge >= 0.3 is 0 Å². The highest BCUT2D eigenvalue weighted by Gasteiger charge is 2.44. The molecule has 1 aliphatic rings. The lowest BCUT2D eigenvalue weighted by molar-refractivity contribution is -0.121. The van der Waals surface area contributed by atoms with Gasteiger partial charge in [0.2, 0.25) is 0 Å². The number of aryl methyl sites for hydroxylation is 2. The van der Waals surface area contributed by atoms with Crippen molar-refractivity contribution in [3.63, 3.8) is 0 Å². The first-order valence-electron chi connectivity index (χ1n) is 10.4. The van der Waals surface area contributed by atoms with Gasteiger partial charge in [0.1, 0.15) is 17.7 Å². The van der Waals surface area contributed by atoms with Crippen LogP contribution in [0.5, 0.6) is 0 Å². The normalized spacial score (nSPS) is 17.9. The number of H-pyrrole nitrogens is 1. The van der Waals surface area contributed by atoms with Crippen molar-refractivity contribution in [2.24, 2.45) is 0 Å². The summed E-state index contributed by atoms with van der Waals surface area (Å²) in [4.78, 5) is 28.3. The van der Waals surface area contributed by atoms with E-state index in [1.807, 2.05) is 19.9 Å². The number of hydrogen-bond acceptors (Lipinski definition) is 4. The predicted octanol–water partition coefficient (Wildman–Crippen LogP) is 3.09. The van der Waals surface area contributed by atoms with Gasteiger partial charge in [0, 0.05) is 24.2 Å². The highest BCUT2D eigenvalue weighted by atomic mass is 19.1. The molecule has 0 saturated carbocycles. The van der Waals surface area contributed by atoms with Crippen LogP contribution in [0.15, 0.2) is 48.5 Å². The van der Waals surface area contributed by atoms with Gasteiger partial charge in [0.15, 0.2) is 0 Å². The molecule has 4 rings (SSSR count). The standard InChI is InChI=1S/C24H25FN4O3/c1-14-5-4-6-17(13-14)23(30)26-21-20(16-7-9-18(25)10-8-16)19-15(2)27-28-22(19)29(24(21)31)11-12-32-3/h4-10,13,20-21H,11-12H2,1-3H3,(H,26,30)(H,27,28)/t20-,21-/m0/s1. The van der Waals surface area contributed by atoms with E-state index in [0.29, 0.717) is 35.8 Å². The third-order valence-corrected chi connectivity index (χ3v) is 5.74. The molecule has 2 heterocycles. The third-order valence-electron chi connectivity index (χ3n) is 5.74. The molecule has 0 bridgehead atoms. The molecule has 0 radical (unpaired) electrons. The minimum atomic E-state index is -0.894. The molecule has 2 atom stereocenters. The number of benzene rings is 2. The second-order valence-electron chi connectivity index (χ2n) is 7.90. The van der Waals surface area contributed by atoms with Crippen molar-refractivity contribution >= 4 is 17.6 Å². The van der Waals surface area contributed by atoms with Crippen LogP contribution in [0.3, 0.4) is 0 Å². The van der Waals surface area contributed by atoms with E-state index in [1.165, 1.54) is 12.1 Å². The summed E-state index contributed by atoms with van der Waals surface area (Å²) in [5, 5.41) is 10.2. The number of amides is 2. The first-order chi connectivity index (χ1) is 15.4. The minimum absolute atomic E-state index is 0.284. The zero-order valence-corrected chi connectivity index (χ0v) is 18.2. The number of anilines is 1. The van der Waals surface area contributed by atoms with E-state index in [-0.39, 0.29) is 17.6 Å². The van der Waals surface area contributed by atoms with E-state index >= 15 is 0 Å². The molecular formula is C24H25FN4O3. The fourth-order valence-electron chi connectivity index (χ4n) is 4.18. The third kappa shape index (κ3) is 4.01. The van der Waals surface area contributed by atoms with Crippen LogP contribution in [-0.2, 0) is 9.53 Å². The fraction of sp³-hybridized carbons (Fsp3) is 0.292. The SMILES string of the molecule is COCCN1C(=O)[C@@H](NC(=O)c2cccc(C)c2)[C@@H](c2ccc(F)cc2)c2c(C)n[nH]c21. The van der Waals surface area contributed by atoms with Crippen LogP contribution in [0.2, 0.25) is 0 Å². The summed E-state index contributed by atoms with van der Waals surface area (Å²) in [7, 11) is 1.56. The lowest BCUT2D eigenvalue weighted by atomic mass is 9.81. The Hall–Kier alpha value is -3.52. The van der Waals surface area contributed by atoms with Crippen molar-refractivity contribution in [2.45, 2.75) is 25.8 Å². The highest BCUT2D eigenvalue weighted by molar-refractivity contribution is 6.05. The maximum Gasteiger partial charge on any atom is 0.251 e. The molecule has 7 nitrogen and oxygen atoms in total. The lowest BCUT2D eigenvalue weighted by Gasteiger charge is -2.38. The molecule has 1 aliphatic heterocycles. The molecule has 0 unspecified atom stereocenters. The Kier molecular flexibility index (Phi) is 6.05. The van der Waals surface area contributed by atoms with Crippen LogP contribution in [0, 0.1) is 19.7 Å². The molecule has 0 fully saturated rings. The molecule has 2 aromatic carbocycles. The van der Waals surface area contributed by atoms with Crippen LogP contribution in [0.4, 0.5) is 10.2 Å². The van der Waals surface area contributed by atoms with Gasteiger partial charge in [-0.25, -0.2) is 4.39 Å². The quantitative estimate of drug-likeness (QED) is 0.622. The van der Waals surface area contributed by atoms with Gasteiger partial charge in [0.25, 0.3) is 11.8 Å². The van der Waals surface area contributed by atoms with Gasteiger partial charge in [-0.2, -0.15) is 5.10 Å². The largest absolute Gasteiger partial charge is 0.383 e. The first kappa shape index (κ1) is 21.7. The Morgan fingerprint density at radius 3 is 2.66 bits per heavy atom. The molecule has 32 heavy (non-hydrogen) atoms. The number of rotatable bonds is 6. The molecular weight excluding hydrogens is 411 g/mol. The number of fused-ring (bicyclic) bond motifs is 1. The van der Waals surface area contributed by atoms with E-state index in [2.05, 4.69) is 15.5 Å². The van der Waals surface area contributed by atoms with E-state index in [1.54, 1.807) is 42.3 Å². The Labute approximate surface area is 185 Å². The lowest BCUT2D eigenvalue weighted by Crippen LogP contribution is -2.56. The maximum absolute atomic E-state index is 13.6. The molecule has 2 N–H and O–H groups in total. The van der Waals surface area contributed by atoms with Crippen LogP contribution < -0.4 is 10.2 Å². The van der Waals surface area contributed by atoms with Gasteiger partial charge in [-0.15, -0.1) is 0 Å². The van der Waals surface area contributed by atoms with Crippen molar-refractivity contribution in [3.05, 3.63) is 82.3 Å². The van der Waals surface area contributed by atoms with Crippen molar-refractivity contribution < 1.29 is 18.7 Å². The minimum Gasteiger partial charge on any atom is -0.383 e. The molecule has 0 spiro atoms. The number of hydrogen-bond donors (Lipinski definition) is 2. The summed E-state index contributed by atoms with van der Waals surface area (Å²) in [6.45, 7) is 4.37. The topological polar surface area (TPSA) is 87.3 Å². The molecule has 166 valence electrons. The predicted molar refractivity (Wildman–Crippen MR) is 118 cm³/mol. The van der Waals surface area contributed by atoms with Gasteiger partial charge < -0.3 is 10.1 Å².